The monoisotopic (exact) mass is 454 g/mol. The van der Waals surface area contributed by atoms with Crippen LogP contribution < -0.4 is 9.64 Å². The van der Waals surface area contributed by atoms with Crippen LogP contribution in [0.4, 0.5) is 5.95 Å². The van der Waals surface area contributed by atoms with E-state index in [1.165, 1.54) is 4.90 Å². The van der Waals surface area contributed by atoms with Gasteiger partial charge in [-0.1, -0.05) is 30.3 Å². The van der Waals surface area contributed by atoms with Crippen molar-refractivity contribution in [2.75, 3.05) is 4.90 Å². The Morgan fingerprint density at radius 2 is 1.85 bits per heavy atom. The molecule has 1 atom stereocenters. The molecule has 1 amide bonds. The zero-order chi connectivity index (χ0) is 23.8. The van der Waals surface area contributed by atoms with E-state index in [2.05, 4.69) is 15.0 Å². The van der Waals surface area contributed by atoms with Gasteiger partial charge >= 0.3 is 5.91 Å². The summed E-state index contributed by atoms with van der Waals surface area (Å²) in [6, 6.07) is 18.4. The van der Waals surface area contributed by atoms with Crippen LogP contribution in [0.5, 0.6) is 5.75 Å². The van der Waals surface area contributed by atoms with E-state index in [9.17, 15) is 14.7 Å². The van der Waals surface area contributed by atoms with Crippen LogP contribution in [-0.4, -0.2) is 37.9 Å². The van der Waals surface area contributed by atoms with Crippen LogP contribution in [0.3, 0.4) is 0 Å². The highest BCUT2D eigenvalue weighted by molar-refractivity contribution is 6.51. The number of H-pyrrole nitrogens is 1. The zero-order valence-corrected chi connectivity index (χ0v) is 18.6. The Bertz CT molecular complexity index is 1390. The molecule has 2 N–H and O–H groups in total. The molecule has 2 aromatic carbocycles. The van der Waals surface area contributed by atoms with Gasteiger partial charge in [-0.05, 0) is 50.2 Å². The van der Waals surface area contributed by atoms with Gasteiger partial charge in [-0.15, -0.1) is 0 Å². The van der Waals surface area contributed by atoms with E-state index in [1.54, 1.807) is 48.7 Å². The van der Waals surface area contributed by atoms with Crippen LogP contribution in [0.1, 0.15) is 31.1 Å². The number of carbonyl (C=O) groups is 2. The summed E-state index contributed by atoms with van der Waals surface area (Å²) in [6.45, 7) is 3.79. The van der Waals surface area contributed by atoms with E-state index in [0.717, 1.165) is 5.52 Å². The number of hydrogen-bond acceptors (Lipinski definition) is 6. The maximum Gasteiger partial charge on any atom is 0.302 e. The molecule has 34 heavy (non-hydrogen) atoms. The number of hydrogen-bond donors (Lipinski definition) is 2. The number of amides is 1. The van der Waals surface area contributed by atoms with Gasteiger partial charge in [-0.25, -0.2) is 4.98 Å². The first-order valence-electron chi connectivity index (χ1n) is 10.9. The number of carbonyl (C=O) groups excluding carboxylic acids is 2. The minimum atomic E-state index is -0.962. The number of aromatic nitrogens is 3. The van der Waals surface area contributed by atoms with Crippen LogP contribution in [0, 0.1) is 0 Å². The third kappa shape index (κ3) is 3.69. The molecule has 170 valence electrons. The summed E-state index contributed by atoms with van der Waals surface area (Å²) in [7, 11) is 0. The predicted molar refractivity (Wildman–Crippen MR) is 127 cm³/mol. The third-order valence-electron chi connectivity index (χ3n) is 5.50. The first kappa shape index (κ1) is 21.4. The molecule has 8 heteroatoms. The van der Waals surface area contributed by atoms with Gasteiger partial charge in [-0.3, -0.25) is 19.5 Å². The number of Topliss-reactive ketones (excluding diaryl/α,β-unsaturated/α-hetero) is 1. The normalized spacial score (nSPS) is 17.6. The molecule has 0 radical (unpaired) electrons. The summed E-state index contributed by atoms with van der Waals surface area (Å²) in [5, 5.41) is 11.3. The number of pyridine rings is 1. The highest BCUT2D eigenvalue weighted by atomic mass is 16.5. The number of nitrogens with zero attached hydrogens (tertiary/aromatic N) is 3. The molecule has 1 saturated heterocycles. The van der Waals surface area contributed by atoms with Gasteiger partial charge in [0.1, 0.15) is 17.6 Å². The average molecular weight is 454 g/mol. The number of ether oxygens (including phenoxy) is 1. The third-order valence-corrected chi connectivity index (χ3v) is 5.50. The lowest BCUT2D eigenvalue weighted by Crippen LogP contribution is -2.30. The number of para-hydroxylation sites is 2. The van der Waals surface area contributed by atoms with Crippen molar-refractivity contribution in [2.24, 2.45) is 0 Å². The number of ketones is 1. The molecule has 0 bridgehead atoms. The van der Waals surface area contributed by atoms with Gasteiger partial charge in [0.2, 0.25) is 5.95 Å². The number of rotatable bonds is 5. The predicted octanol–water partition coefficient (Wildman–Crippen LogP) is 4.37. The SMILES string of the molecule is CC(C)Oc1cccc(/C(O)=C2\C(=O)C(=O)N(c3nc4ccccc4[nH]3)C2c2ccccn2)c1. The Hall–Kier alpha value is -4.46. The minimum absolute atomic E-state index is 0.0640. The lowest BCUT2D eigenvalue weighted by molar-refractivity contribution is -0.132. The van der Waals surface area contributed by atoms with Crippen LogP contribution in [-0.2, 0) is 9.59 Å². The Balaban J connectivity index is 1.68. The summed E-state index contributed by atoms with van der Waals surface area (Å²) in [5.41, 5.74) is 2.10. The average Bonchev–Trinajstić information content (AvgIpc) is 3.37. The van der Waals surface area contributed by atoms with Crippen molar-refractivity contribution >= 4 is 34.4 Å². The Morgan fingerprint density at radius 3 is 2.59 bits per heavy atom. The fraction of sp³-hybridized carbons (Fsp3) is 0.154. The summed E-state index contributed by atoms with van der Waals surface area (Å²) < 4.78 is 5.73. The van der Waals surface area contributed by atoms with Crippen molar-refractivity contribution in [3.05, 3.63) is 89.8 Å². The van der Waals surface area contributed by atoms with Crippen molar-refractivity contribution in [3.8, 4) is 5.75 Å². The lowest BCUT2D eigenvalue weighted by Gasteiger charge is -2.22. The van der Waals surface area contributed by atoms with Crippen molar-refractivity contribution < 1.29 is 19.4 Å². The molecule has 0 saturated carbocycles. The maximum absolute atomic E-state index is 13.3. The number of nitrogens with one attached hydrogen (secondary N) is 1. The maximum atomic E-state index is 13.3. The molecule has 3 heterocycles. The van der Waals surface area contributed by atoms with Gasteiger partial charge in [0.15, 0.2) is 0 Å². The number of aromatic amines is 1. The Morgan fingerprint density at radius 1 is 1.06 bits per heavy atom. The molecule has 1 aliphatic heterocycles. The van der Waals surface area contributed by atoms with E-state index in [4.69, 9.17) is 4.74 Å². The van der Waals surface area contributed by atoms with E-state index >= 15 is 0 Å². The van der Waals surface area contributed by atoms with Gasteiger partial charge in [-0.2, -0.15) is 0 Å². The number of anilines is 1. The van der Waals surface area contributed by atoms with Crippen molar-refractivity contribution in [2.45, 2.75) is 26.0 Å². The second kappa shape index (κ2) is 8.47. The Labute approximate surface area is 195 Å². The van der Waals surface area contributed by atoms with Gasteiger partial charge in [0, 0.05) is 11.8 Å². The second-order valence-corrected chi connectivity index (χ2v) is 8.20. The molecule has 5 rings (SSSR count). The van der Waals surface area contributed by atoms with Gasteiger partial charge in [0.25, 0.3) is 5.78 Å². The standard InChI is InChI=1S/C26H22N4O4/c1-15(2)34-17-9-7-8-16(14-17)23(31)21-22(20-12-5-6-13-27-20)30(25(33)24(21)32)26-28-18-10-3-4-11-19(18)29-26/h3-15,22,31H,1-2H3,(H,28,29)/b23-21+. The van der Waals surface area contributed by atoms with E-state index < -0.39 is 17.7 Å². The summed E-state index contributed by atoms with van der Waals surface area (Å²) in [5.74, 6) is -1.17. The highest BCUT2D eigenvalue weighted by Gasteiger charge is 2.48. The van der Waals surface area contributed by atoms with Crippen LogP contribution >= 0.6 is 0 Å². The van der Waals surface area contributed by atoms with Crippen LogP contribution in [0.2, 0.25) is 0 Å². The van der Waals surface area contributed by atoms with Gasteiger partial charge in [0.05, 0.1) is 28.4 Å². The Kier molecular flexibility index (Phi) is 5.33. The van der Waals surface area contributed by atoms with Crippen LogP contribution in [0.15, 0.2) is 78.5 Å². The highest BCUT2D eigenvalue weighted by Crippen LogP contribution is 2.41. The summed E-state index contributed by atoms with van der Waals surface area (Å²) in [4.78, 5) is 39.8. The quantitative estimate of drug-likeness (QED) is 0.263. The van der Waals surface area contributed by atoms with Crippen molar-refractivity contribution in [1.29, 1.82) is 0 Å². The first-order chi connectivity index (χ1) is 16.4. The number of aliphatic hydroxyl groups excluding tert-OH is 1. The molecule has 8 nitrogen and oxygen atoms in total. The fourth-order valence-electron chi connectivity index (χ4n) is 4.07. The molecule has 0 spiro atoms. The van der Waals surface area contributed by atoms with Gasteiger partial charge < -0.3 is 14.8 Å². The molecule has 4 aromatic rings. The lowest BCUT2D eigenvalue weighted by atomic mass is 9.98. The van der Waals surface area contributed by atoms with E-state index in [-0.39, 0.29) is 23.4 Å². The zero-order valence-electron chi connectivity index (χ0n) is 18.6. The number of benzene rings is 2. The molecule has 1 aliphatic rings. The van der Waals surface area contributed by atoms with E-state index in [0.29, 0.717) is 22.5 Å². The number of fused-ring (bicyclic) bond motifs is 1. The molecule has 0 aliphatic carbocycles. The smallest absolute Gasteiger partial charge is 0.302 e. The van der Waals surface area contributed by atoms with Crippen LogP contribution in [0.25, 0.3) is 16.8 Å². The molecule has 2 aromatic heterocycles. The molecule has 1 unspecified atom stereocenters. The number of imidazole rings is 1. The topological polar surface area (TPSA) is 108 Å². The summed E-state index contributed by atoms with van der Waals surface area (Å²) >= 11 is 0. The largest absolute Gasteiger partial charge is 0.507 e. The summed E-state index contributed by atoms with van der Waals surface area (Å²) in [6.07, 6.45) is 1.51. The fourth-order valence-corrected chi connectivity index (χ4v) is 4.07. The van der Waals surface area contributed by atoms with Crippen molar-refractivity contribution in [3.63, 3.8) is 0 Å². The molecular formula is C26H22N4O4. The first-order valence-corrected chi connectivity index (χ1v) is 10.9. The van der Waals surface area contributed by atoms with Crippen molar-refractivity contribution in [1.82, 2.24) is 15.0 Å². The molecular weight excluding hydrogens is 432 g/mol. The number of aliphatic hydroxyl groups is 1. The minimum Gasteiger partial charge on any atom is -0.507 e. The van der Waals surface area contributed by atoms with E-state index in [1.807, 2.05) is 38.1 Å². The molecule has 1 fully saturated rings. The second-order valence-electron chi connectivity index (χ2n) is 8.20.